The third-order valence-electron chi connectivity index (χ3n) is 3.87. The summed E-state index contributed by atoms with van der Waals surface area (Å²) >= 11 is 0. The first kappa shape index (κ1) is 12.2. The SMILES string of the molecule is CNC1CCN(C(=O)c2ccc3c(c2)NC(=O)C3)C1. The minimum atomic E-state index is -0.00369. The highest BCUT2D eigenvalue weighted by Crippen LogP contribution is 2.25. The molecule has 5 nitrogen and oxygen atoms in total. The molecule has 2 heterocycles. The molecule has 0 aromatic heterocycles. The fourth-order valence-corrected chi connectivity index (χ4v) is 2.71. The number of rotatable bonds is 2. The van der Waals surface area contributed by atoms with Gasteiger partial charge in [0.15, 0.2) is 0 Å². The number of amides is 2. The van der Waals surface area contributed by atoms with Crippen molar-refractivity contribution in [1.29, 1.82) is 0 Å². The van der Waals surface area contributed by atoms with Gasteiger partial charge in [0.1, 0.15) is 0 Å². The molecule has 0 bridgehead atoms. The lowest BCUT2D eigenvalue weighted by atomic mass is 10.1. The molecule has 0 radical (unpaired) electrons. The van der Waals surface area contributed by atoms with E-state index in [1.54, 1.807) is 6.07 Å². The van der Waals surface area contributed by atoms with Crippen molar-refractivity contribution in [3.05, 3.63) is 29.3 Å². The molecule has 1 aromatic carbocycles. The van der Waals surface area contributed by atoms with Crippen LogP contribution in [-0.2, 0) is 11.2 Å². The molecule has 2 N–H and O–H groups in total. The molecule has 1 atom stereocenters. The van der Waals surface area contributed by atoms with Crippen molar-refractivity contribution in [2.24, 2.45) is 0 Å². The molecular weight excluding hydrogens is 242 g/mol. The molecule has 1 aromatic rings. The maximum absolute atomic E-state index is 12.4. The molecule has 100 valence electrons. The van der Waals surface area contributed by atoms with E-state index in [4.69, 9.17) is 0 Å². The largest absolute Gasteiger partial charge is 0.337 e. The van der Waals surface area contributed by atoms with Crippen LogP contribution in [0.4, 0.5) is 5.69 Å². The van der Waals surface area contributed by atoms with Gasteiger partial charge in [0.25, 0.3) is 5.91 Å². The van der Waals surface area contributed by atoms with E-state index in [9.17, 15) is 9.59 Å². The van der Waals surface area contributed by atoms with Crippen LogP contribution in [0, 0.1) is 0 Å². The van der Waals surface area contributed by atoms with E-state index >= 15 is 0 Å². The van der Waals surface area contributed by atoms with E-state index < -0.39 is 0 Å². The first-order chi connectivity index (χ1) is 9.17. The number of hydrogen-bond acceptors (Lipinski definition) is 3. The van der Waals surface area contributed by atoms with Gasteiger partial charge in [-0.15, -0.1) is 0 Å². The standard InChI is InChI=1S/C14H17N3O2/c1-15-11-4-5-17(8-11)14(19)10-3-2-9-7-13(18)16-12(9)6-10/h2-3,6,11,15H,4-5,7-8H2,1H3,(H,16,18). The lowest BCUT2D eigenvalue weighted by molar-refractivity contribution is -0.115. The molecule has 1 unspecified atom stereocenters. The van der Waals surface area contributed by atoms with Gasteiger partial charge in [0.2, 0.25) is 5.91 Å². The number of fused-ring (bicyclic) bond motifs is 1. The molecule has 5 heteroatoms. The topological polar surface area (TPSA) is 61.4 Å². The molecule has 3 rings (SSSR count). The van der Waals surface area contributed by atoms with Crippen LogP contribution in [0.2, 0.25) is 0 Å². The first-order valence-corrected chi connectivity index (χ1v) is 6.56. The zero-order valence-corrected chi connectivity index (χ0v) is 10.9. The second kappa shape index (κ2) is 4.66. The summed E-state index contributed by atoms with van der Waals surface area (Å²) in [6, 6.07) is 5.85. The number of nitrogens with one attached hydrogen (secondary N) is 2. The zero-order chi connectivity index (χ0) is 13.4. The Morgan fingerprint density at radius 1 is 1.47 bits per heavy atom. The Labute approximate surface area is 112 Å². The average molecular weight is 259 g/mol. The molecule has 2 aliphatic rings. The number of nitrogens with zero attached hydrogens (tertiary/aromatic N) is 1. The quantitative estimate of drug-likeness (QED) is 0.818. The Kier molecular flexibility index (Phi) is 2.98. The summed E-state index contributed by atoms with van der Waals surface area (Å²) < 4.78 is 0. The molecule has 19 heavy (non-hydrogen) atoms. The second-order valence-electron chi connectivity index (χ2n) is 5.12. The second-order valence-corrected chi connectivity index (χ2v) is 5.12. The fourth-order valence-electron chi connectivity index (χ4n) is 2.71. The predicted molar refractivity (Wildman–Crippen MR) is 72.1 cm³/mol. The van der Waals surface area contributed by atoms with Gasteiger partial charge >= 0.3 is 0 Å². The van der Waals surface area contributed by atoms with Crippen LogP contribution in [0.3, 0.4) is 0 Å². The van der Waals surface area contributed by atoms with Gasteiger partial charge in [-0.05, 0) is 31.2 Å². The molecule has 2 aliphatic heterocycles. The van der Waals surface area contributed by atoms with Crippen molar-refractivity contribution in [1.82, 2.24) is 10.2 Å². The van der Waals surface area contributed by atoms with Gasteiger partial charge < -0.3 is 15.5 Å². The minimum Gasteiger partial charge on any atom is -0.337 e. The van der Waals surface area contributed by atoms with E-state index in [0.29, 0.717) is 18.0 Å². The maximum Gasteiger partial charge on any atom is 0.253 e. The Morgan fingerprint density at radius 2 is 2.32 bits per heavy atom. The van der Waals surface area contributed by atoms with Gasteiger partial charge in [0.05, 0.1) is 6.42 Å². The third-order valence-corrected chi connectivity index (χ3v) is 3.87. The Morgan fingerprint density at radius 3 is 3.05 bits per heavy atom. The highest BCUT2D eigenvalue weighted by Gasteiger charge is 2.27. The summed E-state index contributed by atoms with van der Waals surface area (Å²) in [5.41, 5.74) is 2.40. The zero-order valence-electron chi connectivity index (χ0n) is 10.9. The monoisotopic (exact) mass is 259 g/mol. The smallest absolute Gasteiger partial charge is 0.253 e. The molecule has 1 saturated heterocycles. The van der Waals surface area contributed by atoms with Crippen molar-refractivity contribution >= 4 is 17.5 Å². The number of likely N-dealkylation sites (tertiary alicyclic amines) is 1. The lowest BCUT2D eigenvalue weighted by Gasteiger charge is -2.17. The highest BCUT2D eigenvalue weighted by atomic mass is 16.2. The first-order valence-electron chi connectivity index (χ1n) is 6.56. The van der Waals surface area contributed by atoms with Crippen LogP contribution in [0.15, 0.2) is 18.2 Å². The average Bonchev–Trinajstić information content (AvgIpc) is 3.01. The Balaban J connectivity index is 1.78. The number of carbonyl (C=O) groups is 2. The fraction of sp³-hybridized carbons (Fsp3) is 0.429. The summed E-state index contributed by atoms with van der Waals surface area (Å²) in [6.45, 7) is 1.53. The number of carbonyl (C=O) groups excluding carboxylic acids is 2. The van der Waals surface area contributed by atoms with E-state index in [-0.39, 0.29) is 11.8 Å². The van der Waals surface area contributed by atoms with Crippen LogP contribution >= 0.6 is 0 Å². The van der Waals surface area contributed by atoms with Crippen molar-refractivity contribution < 1.29 is 9.59 Å². The predicted octanol–water partition coefficient (Wildman–Crippen LogP) is 0.615. The van der Waals surface area contributed by atoms with Crippen LogP contribution < -0.4 is 10.6 Å². The summed E-state index contributed by atoms with van der Waals surface area (Å²) in [7, 11) is 1.92. The minimum absolute atomic E-state index is 0.00369. The van der Waals surface area contributed by atoms with Gasteiger partial charge in [-0.3, -0.25) is 9.59 Å². The third kappa shape index (κ3) is 2.21. The van der Waals surface area contributed by atoms with Crippen molar-refractivity contribution in [3.63, 3.8) is 0 Å². The number of likely N-dealkylation sites (N-methyl/N-ethyl adjacent to an activating group) is 1. The van der Waals surface area contributed by atoms with E-state index in [1.165, 1.54) is 0 Å². The van der Waals surface area contributed by atoms with Crippen LogP contribution in [0.25, 0.3) is 0 Å². The van der Waals surface area contributed by atoms with Gasteiger partial charge in [-0.2, -0.15) is 0 Å². The van der Waals surface area contributed by atoms with Crippen molar-refractivity contribution in [2.75, 3.05) is 25.5 Å². The van der Waals surface area contributed by atoms with E-state index in [2.05, 4.69) is 10.6 Å². The molecule has 0 spiro atoms. The Hall–Kier alpha value is -1.88. The van der Waals surface area contributed by atoms with E-state index in [1.807, 2.05) is 24.1 Å². The lowest BCUT2D eigenvalue weighted by Crippen LogP contribution is -2.33. The molecular formula is C14H17N3O2. The van der Waals surface area contributed by atoms with Crippen LogP contribution in [-0.4, -0.2) is 42.9 Å². The molecule has 0 saturated carbocycles. The molecule has 2 amide bonds. The van der Waals surface area contributed by atoms with Crippen molar-refractivity contribution in [3.8, 4) is 0 Å². The number of anilines is 1. The van der Waals surface area contributed by atoms with Crippen LogP contribution in [0.5, 0.6) is 0 Å². The Bertz CT molecular complexity index is 541. The van der Waals surface area contributed by atoms with E-state index in [0.717, 1.165) is 30.8 Å². The van der Waals surface area contributed by atoms with Crippen molar-refractivity contribution in [2.45, 2.75) is 18.9 Å². The van der Waals surface area contributed by atoms with Crippen LogP contribution in [0.1, 0.15) is 22.3 Å². The normalized spacial score (nSPS) is 21.4. The van der Waals surface area contributed by atoms with Gasteiger partial charge in [-0.25, -0.2) is 0 Å². The maximum atomic E-state index is 12.4. The summed E-state index contributed by atoms with van der Waals surface area (Å²) in [6.07, 6.45) is 1.40. The number of hydrogen-bond donors (Lipinski definition) is 2. The summed E-state index contributed by atoms with van der Waals surface area (Å²) in [5, 5.41) is 5.98. The van der Waals surface area contributed by atoms with Gasteiger partial charge in [0, 0.05) is 30.4 Å². The number of benzene rings is 1. The summed E-state index contributed by atoms with van der Waals surface area (Å²) in [4.78, 5) is 25.5. The molecule has 1 fully saturated rings. The van der Waals surface area contributed by atoms with Gasteiger partial charge in [-0.1, -0.05) is 6.07 Å². The summed E-state index contributed by atoms with van der Waals surface area (Å²) in [5.74, 6) is 0.0396. The highest BCUT2D eigenvalue weighted by molar-refractivity contribution is 6.02. The molecule has 0 aliphatic carbocycles.